The van der Waals surface area contributed by atoms with Crippen LogP contribution in [0.5, 0.6) is 0 Å². The predicted octanol–water partition coefficient (Wildman–Crippen LogP) is -3.08. The third kappa shape index (κ3) is 5.26. The van der Waals surface area contributed by atoms with Crippen LogP contribution in [0.15, 0.2) is 4.79 Å². The van der Waals surface area contributed by atoms with E-state index in [2.05, 4.69) is 15.3 Å². The molecule has 104 valence electrons. The monoisotopic (exact) mass is 337 g/mol. The molecule has 6 N–H and O–H groups in total. The second-order valence-corrected chi connectivity index (χ2v) is 3.73. The van der Waals surface area contributed by atoms with Gasteiger partial charge < -0.3 is 26.0 Å². The van der Waals surface area contributed by atoms with Crippen molar-refractivity contribution < 1.29 is 14.9 Å². The van der Waals surface area contributed by atoms with E-state index in [0.717, 1.165) is 0 Å². The van der Waals surface area contributed by atoms with Crippen molar-refractivity contribution in [2.24, 2.45) is 0 Å². The number of nitrogen functional groups attached to an aromatic ring is 1. The molecular formula is C9H17K2N5O4. The Morgan fingerprint density at radius 1 is 1.50 bits per heavy atom. The van der Waals surface area contributed by atoms with Crippen molar-refractivity contribution in [3.05, 3.63) is 10.4 Å². The third-order valence-electron chi connectivity index (χ3n) is 2.45. The van der Waals surface area contributed by atoms with Crippen LogP contribution in [-0.2, 0) is 4.74 Å². The van der Waals surface area contributed by atoms with Crippen LogP contribution < -0.4 is 21.5 Å². The molecule has 9 nitrogen and oxygen atoms in total. The summed E-state index contributed by atoms with van der Waals surface area (Å²) < 4.78 is 5.09. The van der Waals surface area contributed by atoms with Crippen LogP contribution in [0.25, 0.3) is 0 Å². The number of fused-ring (bicyclic) bond motifs is 1. The molecule has 1 aliphatic heterocycles. The molecule has 1 unspecified atom stereocenters. The molecule has 0 aliphatic carbocycles. The van der Waals surface area contributed by atoms with Gasteiger partial charge in [0.25, 0.3) is 5.56 Å². The number of aliphatic hydroxyl groups is 2. The fourth-order valence-electron chi connectivity index (χ4n) is 1.61. The summed E-state index contributed by atoms with van der Waals surface area (Å²) in [4.78, 5) is 19.2. The number of hydrogen-bond donors (Lipinski definition) is 5. The summed E-state index contributed by atoms with van der Waals surface area (Å²) in [6, 6.07) is 0. The Balaban J connectivity index is 0.00000180. The van der Waals surface area contributed by atoms with Crippen LogP contribution in [-0.4, -0.2) is 149 Å². The Hall–Kier alpha value is 1.43. The Kier molecular flexibility index (Phi) is 11.0. The van der Waals surface area contributed by atoms with Gasteiger partial charge in [-0.05, 0) is 6.42 Å². The van der Waals surface area contributed by atoms with Gasteiger partial charge in [-0.2, -0.15) is 4.98 Å². The Morgan fingerprint density at radius 3 is 2.85 bits per heavy atom. The number of H-pyrrole nitrogens is 1. The van der Waals surface area contributed by atoms with Crippen molar-refractivity contribution in [3.63, 3.8) is 0 Å². The zero-order valence-electron chi connectivity index (χ0n) is 9.59. The molecule has 1 aromatic rings. The van der Waals surface area contributed by atoms with Crippen molar-refractivity contribution in [2.45, 2.75) is 12.8 Å². The molecule has 20 heavy (non-hydrogen) atoms. The molecule has 1 atom stereocenters. The summed E-state index contributed by atoms with van der Waals surface area (Å²) in [6.45, 7) is 0.365. The molecule has 0 bridgehead atoms. The van der Waals surface area contributed by atoms with Crippen LogP contribution in [0.2, 0.25) is 0 Å². The summed E-state index contributed by atoms with van der Waals surface area (Å²) in [5.74, 6) is 0.211. The Bertz CT molecular complexity index is 486. The van der Waals surface area contributed by atoms with Crippen LogP contribution in [0.3, 0.4) is 0 Å². The van der Waals surface area contributed by atoms with Gasteiger partial charge in [-0.1, -0.05) is 0 Å². The molecule has 2 rings (SSSR count). The van der Waals surface area contributed by atoms with E-state index in [9.17, 15) is 9.90 Å². The third-order valence-corrected chi connectivity index (χ3v) is 2.45. The summed E-state index contributed by atoms with van der Waals surface area (Å²) in [5.41, 5.74) is 5.28. The summed E-state index contributed by atoms with van der Waals surface area (Å²) in [6.07, 6.45) is -0.838. The molecule has 1 aromatic heterocycles. The van der Waals surface area contributed by atoms with Crippen molar-refractivity contribution >= 4 is 120 Å². The Morgan fingerprint density at radius 2 is 2.20 bits per heavy atom. The van der Waals surface area contributed by atoms with Gasteiger partial charge in [0.05, 0.1) is 13.3 Å². The molecule has 0 spiro atoms. The maximum atomic E-state index is 11.5. The van der Waals surface area contributed by atoms with E-state index in [1.807, 2.05) is 0 Å². The van der Waals surface area contributed by atoms with Crippen molar-refractivity contribution in [1.29, 1.82) is 0 Å². The van der Waals surface area contributed by atoms with E-state index < -0.39 is 12.0 Å². The quantitative estimate of drug-likeness (QED) is 0.217. The fraction of sp³-hybridized carbons (Fsp3) is 0.556. The van der Waals surface area contributed by atoms with Crippen LogP contribution in [0, 0.1) is 0 Å². The van der Waals surface area contributed by atoms with E-state index >= 15 is 0 Å². The second-order valence-electron chi connectivity index (χ2n) is 3.73. The first kappa shape index (κ1) is 21.4. The van der Waals surface area contributed by atoms with Crippen LogP contribution >= 0.6 is 0 Å². The fourth-order valence-corrected chi connectivity index (χ4v) is 1.61. The normalized spacial score (nSPS) is 13.8. The summed E-state index contributed by atoms with van der Waals surface area (Å²) >= 11 is 0. The van der Waals surface area contributed by atoms with Gasteiger partial charge in [0, 0.05) is 6.61 Å². The predicted molar refractivity (Wildman–Crippen MR) is 78.2 cm³/mol. The molecule has 0 radical (unpaired) electrons. The number of aromatic nitrogens is 2. The van der Waals surface area contributed by atoms with Crippen LogP contribution in [0.1, 0.15) is 6.42 Å². The number of nitrogens with two attached hydrogens (primary N) is 1. The van der Waals surface area contributed by atoms with Gasteiger partial charge in [0.15, 0.2) is 5.82 Å². The number of ether oxygens (including phenoxy) is 1. The maximum absolute atomic E-state index is 11.5. The summed E-state index contributed by atoms with van der Waals surface area (Å²) in [5, 5.41) is 21.2. The molecule has 11 heteroatoms. The number of aromatic amines is 1. The Labute approximate surface area is 200 Å². The average molecular weight is 337 g/mol. The van der Waals surface area contributed by atoms with E-state index in [-0.39, 0.29) is 140 Å². The molecule has 1 aliphatic rings. The SMILES string of the molecule is Nc1nc2c(c(=O)[nH]1)NCN2C(O)OCCCO.[KH].[KH]. The molecule has 0 saturated carbocycles. The van der Waals surface area contributed by atoms with E-state index in [0.29, 0.717) is 6.42 Å². The van der Waals surface area contributed by atoms with E-state index in [1.54, 1.807) is 0 Å². The number of hydrogen-bond acceptors (Lipinski definition) is 8. The number of aliphatic hydroxyl groups excluding tert-OH is 2. The number of nitrogens with one attached hydrogen (secondary N) is 2. The number of rotatable bonds is 5. The molecule has 0 amide bonds. The van der Waals surface area contributed by atoms with Crippen molar-refractivity contribution in [2.75, 3.05) is 35.8 Å². The molecule has 0 saturated heterocycles. The number of nitrogens with zero attached hydrogens (tertiary/aromatic N) is 2. The molecule has 0 fully saturated rings. The zero-order valence-corrected chi connectivity index (χ0v) is 9.59. The standard InChI is InChI=1S/C9H15N5O4.2K.2H/c10-8-12-6-5(7(16)13-8)11-4-14(6)9(17)18-3-1-2-15;;;;/h9,11,15,17H,1-4H2,(H3,10,12,13,16);;;;. The van der Waals surface area contributed by atoms with Gasteiger partial charge >= 0.3 is 103 Å². The van der Waals surface area contributed by atoms with Gasteiger partial charge in [0.1, 0.15) is 5.69 Å². The molecule has 2 heterocycles. The van der Waals surface area contributed by atoms with E-state index in [1.165, 1.54) is 4.90 Å². The first-order valence-corrected chi connectivity index (χ1v) is 5.44. The first-order valence-electron chi connectivity index (χ1n) is 5.44. The number of anilines is 3. The van der Waals surface area contributed by atoms with Gasteiger partial charge in [-0.15, -0.1) is 0 Å². The van der Waals surface area contributed by atoms with Gasteiger partial charge in [-0.3, -0.25) is 14.7 Å². The second kappa shape index (κ2) is 10.3. The molecular weight excluding hydrogens is 320 g/mol. The van der Waals surface area contributed by atoms with Crippen molar-refractivity contribution in [1.82, 2.24) is 9.97 Å². The average Bonchev–Trinajstić information content (AvgIpc) is 2.73. The summed E-state index contributed by atoms with van der Waals surface area (Å²) in [7, 11) is 0. The zero-order chi connectivity index (χ0) is 13.1. The van der Waals surface area contributed by atoms with Crippen molar-refractivity contribution in [3.8, 4) is 0 Å². The molecule has 0 aromatic carbocycles. The van der Waals surface area contributed by atoms with E-state index in [4.69, 9.17) is 15.6 Å². The minimum absolute atomic E-state index is 0. The van der Waals surface area contributed by atoms with Gasteiger partial charge in [-0.25, -0.2) is 0 Å². The van der Waals surface area contributed by atoms with Gasteiger partial charge in [0.2, 0.25) is 12.4 Å². The van der Waals surface area contributed by atoms with Crippen LogP contribution in [0.4, 0.5) is 17.5 Å². The topological polar surface area (TPSA) is 137 Å². The first-order chi connectivity index (χ1) is 8.63. The minimum atomic E-state index is -1.25.